The third-order valence-corrected chi connectivity index (χ3v) is 3.47. The van der Waals surface area contributed by atoms with Gasteiger partial charge in [0, 0.05) is 31.1 Å². The van der Waals surface area contributed by atoms with Gasteiger partial charge in [0.15, 0.2) is 0 Å². The molecule has 3 rings (SSSR count). The Morgan fingerprint density at radius 3 is 2.83 bits per heavy atom. The number of rotatable bonds is 2. The number of aromatic nitrogens is 2. The van der Waals surface area contributed by atoms with E-state index in [-0.39, 0.29) is 5.56 Å². The largest absolute Gasteiger partial charge is 0.296 e. The maximum Gasteiger partial charge on any atom is 0.256 e. The SMILES string of the molecule is O=c1c(Cc2ccccc2)cnc2n1CCCC2. The Morgan fingerprint density at radius 1 is 1.17 bits per heavy atom. The molecule has 1 aliphatic rings. The summed E-state index contributed by atoms with van der Waals surface area (Å²) >= 11 is 0. The van der Waals surface area contributed by atoms with Crippen LogP contribution in [0.25, 0.3) is 0 Å². The van der Waals surface area contributed by atoms with Crippen molar-refractivity contribution in [2.45, 2.75) is 32.2 Å². The zero-order valence-corrected chi connectivity index (χ0v) is 10.3. The number of hydrogen-bond acceptors (Lipinski definition) is 2. The van der Waals surface area contributed by atoms with Crippen LogP contribution >= 0.6 is 0 Å². The molecule has 1 aliphatic heterocycles. The third-order valence-electron chi connectivity index (χ3n) is 3.47. The molecule has 0 spiro atoms. The second-order valence-corrected chi connectivity index (χ2v) is 4.78. The Labute approximate surface area is 106 Å². The van der Waals surface area contributed by atoms with Crippen molar-refractivity contribution in [2.75, 3.05) is 0 Å². The molecule has 3 nitrogen and oxygen atoms in total. The van der Waals surface area contributed by atoms with Crippen LogP contribution in [0.3, 0.4) is 0 Å². The van der Waals surface area contributed by atoms with E-state index in [1.807, 2.05) is 34.9 Å². The molecule has 0 N–H and O–H groups in total. The zero-order chi connectivity index (χ0) is 12.4. The van der Waals surface area contributed by atoms with Crippen molar-refractivity contribution < 1.29 is 0 Å². The van der Waals surface area contributed by atoms with Gasteiger partial charge in [0.2, 0.25) is 0 Å². The monoisotopic (exact) mass is 240 g/mol. The topological polar surface area (TPSA) is 34.9 Å². The first-order chi connectivity index (χ1) is 8.84. The Bertz CT molecular complexity index is 602. The van der Waals surface area contributed by atoms with Crippen molar-refractivity contribution in [2.24, 2.45) is 0 Å². The molecule has 0 radical (unpaired) electrons. The third kappa shape index (κ3) is 2.08. The highest BCUT2D eigenvalue weighted by Crippen LogP contribution is 2.11. The lowest BCUT2D eigenvalue weighted by Gasteiger charge is -2.17. The summed E-state index contributed by atoms with van der Waals surface area (Å²) in [6, 6.07) is 10.1. The highest BCUT2D eigenvalue weighted by Gasteiger charge is 2.13. The Hall–Kier alpha value is -1.90. The van der Waals surface area contributed by atoms with E-state index in [4.69, 9.17) is 0 Å². The molecule has 92 valence electrons. The minimum Gasteiger partial charge on any atom is -0.296 e. The Balaban J connectivity index is 1.96. The standard InChI is InChI=1S/C15H16N2O/c18-15-13(10-12-6-2-1-3-7-12)11-16-14-8-4-5-9-17(14)15/h1-3,6-7,11H,4-5,8-10H2. The van der Waals surface area contributed by atoms with Crippen molar-refractivity contribution in [3.05, 3.63) is 63.8 Å². The number of nitrogens with zero attached hydrogens (tertiary/aromatic N) is 2. The van der Waals surface area contributed by atoms with Crippen LogP contribution in [0.2, 0.25) is 0 Å². The van der Waals surface area contributed by atoms with Gasteiger partial charge in [-0.1, -0.05) is 30.3 Å². The molecule has 0 bridgehead atoms. The molecule has 0 saturated carbocycles. The van der Waals surface area contributed by atoms with Gasteiger partial charge in [-0.3, -0.25) is 9.36 Å². The number of fused-ring (bicyclic) bond motifs is 1. The van der Waals surface area contributed by atoms with Gasteiger partial charge in [-0.15, -0.1) is 0 Å². The lowest BCUT2D eigenvalue weighted by molar-refractivity contribution is 0.492. The van der Waals surface area contributed by atoms with E-state index in [0.29, 0.717) is 6.42 Å². The highest BCUT2D eigenvalue weighted by molar-refractivity contribution is 5.23. The highest BCUT2D eigenvalue weighted by atomic mass is 16.1. The van der Waals surface area contributed by atoms with Crippen LogP contribution in [0.5, 0.6) is 0 Å². The van der Waals surface area contributed by atoms with E-state index in [9.17, 15) is 4.79 Å². The van der Waals surface area contributed by atoms with Gasteiger partial charge < -0.3 is 0 Å². The molecule has 0 atom stereocenters. The average molecular weight is 240 g/mol. The molecule has 3 heteroatoms. The van der Waals surface area contributed by atoms with Gasteiger partial charge in [-0.25, -0.2) is 4.98 Å². The van der Waals surface area contributed by atoms with Crippen LogP contribution in [0, 0.1) is 0 Å². The molecule has 18 heavy (non-hydrogen) atoms. The van der Waals surface area contributed by atoms with Crippen LogP contribution in [-0.4, -0.2) is 9.55 Å². The van der Waals surface area contributed by atoms with E-state index < -0.39 is 0 Å². The van der Waals surface area contributed by atoms with Gasteiger partial charge >= 0.3 is 0 Å². The lowest BCUT2D eigenvalue weighted by atomic mass is 10.1. The molecule has 2 heterocycles. The van der Waals surface area contributed by atoms with Gasteiger partial charge in [-0.05, 0) is 18.4 Å². The quantitative estimate of drug-likeness (QED) is 0.806. The normalized spacial score (nSPS) is 14.2. The van der Waals surface area contributed by atoms with Crippen LogP contribution < -0.4 is 5.56 Å². The fourth-order valence-corrected chi connectivity index (χ4v) is 2.49. The number of benzene rings is 1. The molecule has 1 aromatic heterocycles. The molecular formula is C15H16N2O. The van der Waals surface area contributed by atoms with Gasteiger partial charge in [0.1, 0.15) is 5.82 Å². The number of hydrogen-bond donors (Lipinski definition) is 0. The van der Waals surface area contributed by atoms with Gasteiger partial charge in [-0.2, -0.15) is 0 Å². The fourth-order valence-electron chi connectivity index (χ4n) is 2.49. The van der Waals surface area contributed by atoms with Crippen molar-refractivity contribution in [3.63, 3.8) is 0 Å². The average Bonchev–Trinajstić information content (AvgIpc) is 2.43. The maximum atomic E-state index is 12.3. The Morgan fingerprint density at radius 2 is 2.00 bits per heavy atom. The molecule has 2 aromatic rings. The first kappa shape index (κ1) is 11.2. The summed E-state index contributed by atoms with van der Waals surface area (Å²) in [6.45, 7) is 0.823. The molecule has 0 amide bonds. The van der Waals surface area contributed by atoms with Crippen LogP contribution in [-0.2, 0) is 19.4 Å². The second kappa shape index (κ2) is 4.77. The molecule has 0 aliphatic carbocycles. The molecule has 0 fully saturated rings. The predicted octanol–water partition coefficient (Wildman–Crippen LogP) is 2.17. The van der Waals surface area contributed by atoms with Crippen molar-refractivity contribution >= 4 is 0 Å². The van der Waals surface area contributed by atoms with Gasteiger partial charge in [0.25, 0.3) is 5.56 Å². The van der Waals surface area contributed by atoms with Crippen molar-refractivity contribution in [3.8, 4) is 0 Å². The van der Waals surface area contributed by atoms with Crippen molar-refractivity contribution in [1.29, 1.82) is 0 Å². The first-order valence-corrected chi connectivity index (χ1v) is 6.46. The van der Waals surface area contributed by atoms with E-state index >= 15 is 0 Å². The summed E-state index contributed by atoms with van der Waals surface area (Å²) in [5.74, 6) is 0.947. The fraction of sp³-hybridized carbons (Fsp3) is 0.333. The Kier molecular flexibility index (Phi) is 2.97. The van der Waals surface area contributed by atoms with E-state index in [2.05, 4.69) is 4.98 Å². The second-order valence-electron chi connectivity index (χ2n) is 4.78. The minimum atomic E-state index is 0.142. The summed E-state index contributed by atoms with van der Waals surface area (Å²) in [5.41, 5.74) is 2.10. The molecular weight excluding hydrogens is 224 g/mol. The zero-order valence-electron chi connectivity index (χ0n) is 10.3. The molecule has 1 aromatic carbocycles. The summed E-state index contributed by atoms with van der Waals surface area (Å²) in [5, 5.41) is 0. The minimum absolute atomic E-state index is 0.142. The predicted molar refractivity (Wildman–Crippen MR) is 70.7 cm³/mol. The van der Waals surface area contributed by atoms with E-state index in [1.165, 1.54) is 0 Å². The summed E-state index contributed by atoms with van der Waals surface area (Å²) in [7, 11) is 0. The van der Waals surface area contributed by atoms with E-state index in [0.717, 1.165) is 42.8 Å². The molecule has 0 saturated heterocycles. The smallest absolute Gasteiger partial charge is 0.256 e. The van der Waals surface area contributed by atoms with Gasteiger partial charge in [0.05, 0.1) is 0 Å². The summed E-state index contributed by atoms with van der Waals surface area (Å²) in [4.78, 5) is 16.8. The summed E-state index contributed by atoms with van der Waals surface area (Å²) in [6.07, 6.45) is 5.59. The number of aryl methyl sites for hydroxylation is 1. The maximum absolute atomic E-state index is 12.3. The summed E-state index contributed by atoms with van der Waals surface area (Å²) < 4.78 is 1.85. The first-order valence-electron chi connectivity index (χ1n) is 6.46. The van der Waals surface area contributed by atoms with Crippen molar-refractivity contribution in [1.82, 2.24) is 9.55 Å². The van der Waals surface area contributed by atoms with Crippen LogP contribution in [0.4, 0.5) is 0 Å². The molecule has 0 unspecified atom stereocenters. The van der Waals surface area contributed by atoms with E-state index in [1.54, 1.807) is 6.20 Å². The van der Waals surface area contributed by atoms with Crippen LogP contribution in [0.15, 0.2) is 41.3 Å². The lowest BCUT2D eigenvalue weighted by Crippen LogP contribution is -2.30. The van der Waals surface area contributed by atoms with Crippen LogP contribution in [0.1, 0.15) is 29.8 Å².